The number of esters is 1. The first-order valence-corrected chi connectivity index (χ1v) is 4.50. The number of pyridine rings is 1. The fraction of sp³-hybridized carbons (Fsp3) is 0.333. The first-order chi connectivity index (χ1) is 6.67. The van der Waals surface area contributed by atoms with E-state index in [1.807, 2.05) is 0 Å². The van der Waals surface area contributed by atoms with Gasteiger partial charge in [0.05, 0.1) is 7.11 Å². The minimum atomic E-state index is -0.495. The molecule has 0 amide bonds. The largest absolute Gasteiger partial charge is 0.464 e. The molecule has 0 atom stereocenters. The van der Waals surface area contributed by atoms with Gasteiger partial charge in [-0.2, -0.15) is 0 Å². The van der Waals surface area contributed by atoms with Crippen molar-refractivity contribution in [3.63, 3.8) is 0 Å². The Morgan fingerprint density at radius 3 is 2.93 bits per heavy atom. The van der Waals surface area contributed by atoms with Crippen LogP contribution in [0.2, 0.25) is 5.15 Å². The van der Waals surface area contributed by atoms with E-state index in [-0.39, 0.29) is 10.8 Å². The lowest BCUT2D eigenvalue weighted by Crippen LogP contribution is -2.08. The number of hydrogen-bond acceptors (Lipinski definition) is 4. The number of carbonyl (C=O) groups excluding carboxylic acids is 1. The molecule has 0 fully saturated rings. The molecule has 1 aromatic heterocycles. The normalized spacial score (nSPS) is 9.93. The van der Waals surface area contributed by atoms with Crippen LogP contribution in [0.25, 0.3) is 0 Å². The number of rotatable bonds is 3. The molecule has 0 radical (unpaired) electrons. The summed E-state index contributed by atoms with van der Waals surface area (Å²) in [4.78, 5) is 15.0. The van der Waals surface area contributed by atoms with Crippen LogP contribution < -0.4 is 5.73 Å². The van der Waals surface area contributed by atoms with Gasteiger partial charge in [0.25, 0.3) is 0 Å². The molecule has 0 aromatic carbocycles. The maximum atomic E-state index is 11.1. The first-order valence-electron chi connectivity index (χ1n) is 4.12. The summed E-state index contributed by atoms with van der Waals surface area (Å²) in [7, 11) is 1.30. The summed E-state index contributed by atoms with van der Waals surface area (Å²) < 4.78 is 4.53. The average Bonchev–Trinajstić information content (AvgIpc) is 2.16. The van der Waals surface area contributed by atoms with Gasteiger partial charge >= 0.3 is 5.97 Å². The second-order valence-electron chi connectivity index (χ2n) is 2.71. The van der Waals surface area contributed by atoms with Crippen molar-refractivity contribution in [3.05, 3.63) is 28.5 Å². The first kappa shape index (κ1) is 10.9. The van der Waals surface area contributed by atoms with Crippen molar-refractivity contribution in [1.29, 1.82) is 0 Å². The molecule has 5 heteroatoms. The summed E-state index contributed by atoms with van der Waals surface area (Å²) in [6.07, 6.45) is 0.659. The standard InChI is InChI=1S/C9H11ClN2O2/c1-14-9(13)7-4-6(2-3-11)5-8(10)12-7/h4-5H,2-3,11H2,1H3. The molecule has 1 rings (SSSR count). The number of carbonyl (C=O) groups is 1. The molecule has 0 aliphatic carbocycles. The van der Waals surface area contributed by atoms with Crippen LogP contribution in [0.1, 0.15) is 16.1 Å². The summed E-state index contributed by atoms with van der Waals surface area (Å²) >= 11 is 5.73. The van der Waals surface area contributed by atoms with E-state index in [4.69, 9.17) is 17.3 Å². The topological polar surface area (TPSA) is 65.2 Å². The molecule has 0 saturated carbocycles. The molecule has 14 heavy (non-hydrogen) atoms. The molecule has 0 unspecified atom stereocenters. The van der Waals surface area contributed by atoms with E-state index in [0.717, 1.165) is 5.56 Å². The third-order valence-corrected chi connectivity index (χ3v) is 1.88. The van der Waals surface area contributed by atoms with Crippen LogP contribution in [0.5, 0.6) is 0 Å². The van der Waals surface area contributed by atoms with Gasteiger partial charge in [-0.05, 0) is 30.7 Å². The fourth-order valence-electron chi connectivity index (χ4n) is 1.07. The number of methoxy groups -OCH3 is 1. The molecule has 0 aliphatic heterocycles. The van der Waals surface area contributed by atoms with Gasteiger partial charge in [-0.1, -0.05) is 11.6 Å². The third-order valence-electron chi connectivity index (χ3n) is 1.68. The Morgan fingerprint density at radius 1 is 1.64 bits per heavy atom. The van der Waals surface area contributed by atoms with E-state index < -0.39 is 5.97 Å². The SMILES string of the molecule is COC(=O)c1cc(CCN)cc(Cl)n1. The predicted molar refractivity (Wildman–Crippen MR) is 53.3 cm³/mol. The fourth-order valence-corrected chi connectivity index (χ4v) is 1.30. The summed E-state index contributed by atoms with van der Waals surface area (Å²) in [5, 5.41) is 0.274. The van der Waals surface area contributed by atoms with E-state index in [2.05, 4.69) is 9.72 Å². The Hall–Kier alpha value is -1.13. The highest BCUT2D eigenvalue weighted by atomic mass is 35.5. The quantitative estimate of drug-likeness (QED) is 0.603. The Balaban J connectivity index is 3.00. The summed E-state index contributed by atoms with van der Waals surface area (Å²) in [5.41, 5.74) is 6.48. The average molecular weight is 215 g/mol. The zero-order valence-electron chi connectivity index (χ0n) is 7.79. The Bertz CT molecular complexity index is 342. The van der Waals surface area contributed by atoms with Gasteiger partial charge in [0, 0.05) is 0 Å². The molecule has 1 aromatic rings. The monoisotopic (exact) mass is 214 g/mol. The van der Waals surface area contributed by atoms with Crippen molar-refractivity contribution in [2.75, 3.05) is 13.7 Å². The minimum absolute atomic E-state index is 0.212. The second-order valence-corrected chi connectivity index (χ2v) is 3.10. The van der Waals surface area contributed by atoms with Crippen LogP contribution >= 0.6 is 11.6 Å². The lowest BCUT2D eigenvalue weighted by Gasteiger charge is -2.03. The zero-order valence-corrected chi connectivity index (χ0v) is 8.54. The highest BCUT2D eigenvalue weighted by molar-refractivity contribution is 6.29. The summed E-state index contributed by atoms with van der Waals surface area (Å²) in [5.74, 6) is -0.495. The molecule has 76 valence electrons. The molecule has 0 bridgehead atoms. The van der Waals surface area contributed by atoms with Crippen molar-refractivity contribution in [2.24, 2.45) is 5.73 Å². The van der Waals surface area contributed by atoms with Gasteiger partial charge in [0.1, 0.15) is 10.8 Å². The maximum absolute atomic E-state index is 11.1. The maximum Gasteiger partial charge on any atom is 0.356 e. The summed E-state index contributed by atoms with van der Waals surface area (Å²) in [6.45, 7) is 0.501. The number of hydrogen-bond donors (Lipinski definition) is 1. The van der Waals surface area contributed by atoms with Crippen molar-refractivity contribution in [2.45, 2.75) is 6.42 Å². The second kappa shape index (κ2) is 4.93. The smallest absolute Gasteiger partial charge is 0.356 e. The predicted octanol–water partition coefficient (Wildman–Crippen LogP) is 1.02. The number of halogens is 1. The van der Waals surface area contributed by atoms with Gasteiger partial charge in [0.15, 0.2) is 0 Å². The Morgan fingerprint density at radius 2 is 2.36 bits per heavy atom. The van der Waals surface area contributed by atoms with Crippen LogP contribution in [0.15, 0.2) is 12.1 Å². The molecule has 2 N–H and O–H groups in total. The van der Waals surface area contributed by atoms with Gasteiger partial charge in [-0.3, -0.25) is 0 Å². The molecular formula is C9H11ClN2O2. The lowest BCUT2D eigenvalue weighted by molar-refractivity contribution is 0.0594. The molecule has 0 spiro atoms. The van der Waals surface area contributed by atoms with E-state index in [1.165, 1.54) is 7.11 Å². The van der Waals surface area contributed by atoms with Crippen LogP contribution in [0.4, 0.5) is 0 Å². The van der Waals surface area contributed by atoms with Crippen LogP contribution in [0.3, 0.4) is 0 Å². The van der Waals surface area contributed by atoms with E-state index in [1.54, 1.807) is 12.1 Å². The minimum Gasteiger partial charge on any atom is -0.464 e. The molecule has 0 saturated heterocycles. The molecule has 1 heterocycles. The Labute approximate surface area is 87.0 Å². The number of ether oxygens (including phenoxy) is 1. The Kier molecular flexibility index (Phi) is 3.85. The van der Waals surface area contributed by atoms with Gasteiger partial charge in [-0.15, -0.1) is 0 Å². The number of nitrogens with two attached hydrogens (primary N) is 1. The third kappa shape index (κ3) is 2.68. The van der Waals surface area contributed by atoms with Gasteiger partial charge < -0.3 is 10.5 Å². The van der Waals surface area contributed by atoms with E-state index in [9.17, 15) is 4.79 Å². The molecule has 0 aliphatic rings. The van der Waals surface area contributed by atoms with Crippen LogP contribution in [0, 0.1) is 0 Å². The van der Waals surface area contributed by atoms with Gasteiger partial charge in [0.2, 0.25) is 0 Å². The molecular weight excluding hydrogens is 204 g/mol. The van der Waals surface area contributed by atoms with Crippen LogP contribution in [-0.2, 0) is 11.2 Å². The van der Waals surface area contributed by atoms with E-state index in [0.29, 0.717) is 13.0 Å². The van der Waals surface area contributed by atoms with Crippen molar-refractivity contribution in [3.8, 4) is 0 Å². The van der Waals surface area contributed by atoms with E-state index >= 15 is 0 Å². The van der Waals surface area contributed by atoms with Crippen molar-refractivity contribution >= 4 is 17.6 Å². The number of nitrogens with zero attached hydrogens (tertiary/aromatic N) is 1. The number of aromatic nitrogens is 1. The highest BCUT2D eigenvalue weighted by Crippen LogP contribution is 2.11. The van der Waals surface area contributed by atoms with Gasteiger partial charge in [-0.25, -0.2) is 9.78 Å². The van der Waals surface area contributed by atoms with Crippen molar-refractivity contribution in [1.82, 2.24) is 4.98 Å². The van der Waals surface area contributed by atoms with Crippen LogP contribution in [-0.4, -0.2) is 24.6 Å². The molecule has 4 nitrogen and oxygen atoms in total. The summed E-state index contributed by atoms with van der Waals surface area (Å²) in [6, 6.07) is 3.31. The highest BCUT2D eigenvalue weighted by Gasteiger charge is 2.09. The lowest BCUT2D eigenvalue weighted by atomic mass is 10.1. The van der Waals surface area contributed by atoms with Crippen molar-refractivity contribution < 1.29 is 9.53 Å². The zero-order chi connectivity index (χ0) is 10.6.